The van der Waals surface area contributed by atoms with Crippen molar-refractivity contribution in [3.8, 4) is 0 Å². The molecule has 3 fully saturated rings. The van der Waals surface area contributed by atoms with Gasteiger partial charge in [-0.1, -0.05) is 100 Å². The molecule has 1 saturated heterocycles. The third-order valence-electron chi connectivity index (χ3n) is 12.5. The zero-order valence-corrected chi connectivity index (χ0v) is 39.2. The predicted octanol–water partition coefficient (Wildman–Crippen LogP) is 10.9. The molecule has 3 aromatic heterocycles. The van der Waals surface area contributed by atoms with E-state index in [4.69, 9.17) is 18.5 Å². The van der Waals surface area contributed by atoms with E-state index in [-0.39, 0.29) is 60.0 Å². The first kappa shape index (κ1) is 49.5. The standard InChI is InChI=1S/C29H42N4O4.C20H32N2O4/c1-29(2,3)36-25(34)20-24(11-7-10-21-8-5-4-6-9-21)27-31-26(32-37-27)28(35)33-18-14-23(15-19-33)22-12-16-30-17-13-22;1-14(23)18-21-19(26-22-18)16(13-17(24)25-20(2,3)4)12-8-11-15-9-6-5-7-10-15/h12-13,16-17,21,23-24H,4-11,14-15,18-20H2,1-3H3;15-16H,5-13H2,1-4H3/t24-;16-/m11/s1. The topological polar surface area (TPSA) is 181 Å². The summed E-state index contributed by atoms with van der Waals surface area (Å²) in [5.41, 5.74) is 0.188. The number of esters is 2. The number of ketones is 1. The van der Waals surface area contributed by atoms with Gasteiger partial charge < -0.3 is 23.4 Å². The number of rotatable bonds is 17. The first-order valence-corrected chi connectivity index (χ1v) is 23.8. The summed E-state index contributed by atoms with van der Waals surface area (Å²) in [7, 11) is 0. The van der Waals surface area contributed by atoms with E-state index < -0.39 is 11.2 Å². The van der Waals surface area contributed by atoms with E-state index in [2.05, 4.69) is 25.3 Å². The van der Waals surface area contributed by atoms with E-state index in [1.165, 1.54) is 83.1 Å². The Kier molecular flexibility index (Phi) is 18.9. The first-order valence-electron chi connectivity index (χ1n) is 23.8. The molecule has 0 bridgehead atoms. The van der Waals surface area contributed by atoms with Crippen LogP contribution in [0.2, 0.25) is 0 Å². The summed E-state index contributed by atoms with van der Waals surface area (Å²) >= 11 is 0. The molecule has 0 unspecified atom stereocenters. The SMILES string of the molecule is CC(=O)c1noc([C@H](CCCC2CCCCC2)CC(=O)OC(C)(C)C)n1.CC(C)(C)OC(=O)C[C@@H](CCCC1CCCCC1)c1nc(C(=O)N2CCC(c3ccncc3)CC2)no1. The third kappa shape index (κ3) is 17.2. The minimum Gasteiger partial charge on any atom is -0.460 e. The molecule has 2 saturated carbocycles. The summed E-state index contributed by atoms with van der Waals surface area (Å²) in [6, 6.07) is 4.10. The summed E-state index contributed by atoms with van der Waals surface area (Å²) in [4.78, 5) is 64.1. The Morgan fingerprint density at radius 2 is 1.11 bits per heavy atom. The van der Waals surface area contributed by atoms with Crippen LogP contribution in [-0.4, -0.2) is 78.1 Å². The van der Waals surface area contributed by atoms with E-state index in [1.807, 2.05) is 66.1 Å². The van der Waals surface area contributed by atoms with E-state index >= 15 is 0 Å². The minimum absolute atomic E-state index is 0.0708. The fourth-order valence-corrected chi connectivity index (χ4v) is 9.28. The van der Waals surface area contributed by atoms with Gasteiger partial charge in [0.15, 0.2) is 0 Å². The van der Waals surface area contributed by atoms with Crippen molar-refractivity contribution in [3.05, 3.63) is 53.5 Å². The number of amides is 1. The average Bonchev–Trinajstić information content (AvgIpc) is 3.95. The fraction of sp³-hybridized carbons (Fsp3) is 0.735. The Balaban J connectivity index is 0.000000253. The van der Waals surface area contributed by atoms with Crippen LogP contribution in [0.1, 0.15) is 233 Å². The van der Waals surface area contributed by atoms with Crippen LogP contribution in [0.4, 0.5) is 0 Å². The van der Waals surface area contributed by atoms with Crippen molar-refractivity contribution in [2.75, 3.05) is 13.1 Å². The number of pyridine rings is 1. The maximum absolute atomic E-state index is 13.1. The quantitative estimate of drug-likeness (QED) is 0.0924. The Bertz CT molecular complexity index is 1860. The predicted molar refractivity (Wildman–Crippen MR) is 238 cm³/mol. The third-order valence-corrected chi connectivity index (χ3v) is 12.5. The van der Waals surface area contributed by atoms with Gasteiger partial charge in [-0.3, -0.25) is 24.2 Å². The Morgan fingerprint density at radius 3 is 1.54 bits per heavy atom. The van der Waals surface area contributed by atoms with Crippen molar-refractivity contribution in [1.29, 1.82) is 0 Å². The van der Waals surface area contributed by atoms with Gasteiger partial charge in [-0.25, -0.2) is 0 Å². The number of hydrogen-bond acceptors (Lipinski definition) is 13. The molecule has 4 heterocycles. The van der Waals surface area contributed by atoms with E-state index in [0.717, 1.165) is 56.8 Å². The lowest BCUT2D eigenvalue weighted by atomic mass is 9.84. The molecule has 2 aliphatic carbocycles. The molecular weight excluding hydrogens is 801 g/mol. The molecule has 0 N–H and O–H groups in total. The highest BCUT2D eigenvalue weighted by Crippen LogP contribution is 2.34. The number of piperidine rings is 1. The number of nitrogens with zero attached hydrogens (tertiary/aromatic N) is 6. The van der Waals surface area contributed by atoms with Gasteiger partial charge in [0, 0.05) is 44.2 Å². The van der Waals surface area contributed by atoms with Crippen LogP contribution >= 0.6 is 0 Å². The number of aromatic nitrogens is 5. The van der Waals surface area contributed by atoms with Crippen LogP contribution in [0.25, 0.3) is 0 Å². The molecule has 1 amide bonds. The summed E-state index contributed by atoms with van der Waals surface area (Å²) in [6.07, 6.45) is 24.9. The summed E-state index contributed by atoms with van der Waals surface area (Å²) < 4.78 is 21.9. The van der Waals surface area contributed by atoms with Crippen molar-refractivity contribution in [3.63, 3.8) is 0 Å². The molecule has 2 atom stereocenters. The molecule has 3 aromatic rings. The molecule has 6 rings (SSSR count). The molecule has 1 aliphatic heterocycles. The second kappa shape index (κ2) is 24.0. The monoisotopic (exact) mass is 875 g/mol. The van der Waals surface area contributed by atoms with Gasteiger partial charge in [0.25, 0.3) is 11.7 Å². The van der Waals surface area contributed by atoms with Crippen LogP contribution in [0, 0.1) is 11.8 Å². The highest BCUT2D eigenvalue weighted by molar-refractivity contribution is 5.90. The van der Waals surface area contributed by atoms with Crippen molar-refractivity contribution in [1.82, 2.24) is 30.2 Å². The zero-order chi connectivity index (χ0) is 45.4. The number of carbonyl (C=O) groups is 4. The second-order valence-electron chi connectivity index (χ2n) is 20.2. The molecule has 0 radical (unpaired) electrons. The lowest BCUT2D eigenvalue weighted by Crippen LogP contribution is -2.38. The average molecular weight is 875 g/mol. The number of ether oxygens (including phenoxy) is 2. The van der Waals surface area contributed by atoms with E-state index in [1.54, 1.807) is 4.90 Å². The van der Waals surface area contributed by atoms with Crippen LogP contribution in [-0.2, 0) is 19.1 Å². The van der Waals surface area contributed by atoms with Crippen LogP contribution in [0.15, 0.2) is 33.6 Å². The summed E-state index contributed by atoms with van der Waals surface area (Å²) in [5.74, 6) is 1.43. The molecular formula is C49H74N6O8. The van der Waals surface area contributed by atoms with Crippen LogP contribution in [0.5, 0.6) is 0 Å². The van der Waals surface area contributed by atoms with Crippen LogP contribution in [0.3, 0.4) is 0 Å². The highest BCUT2D eigenvalue weighted by atomic mass is 16.6. The molecule has 14 nitrogen and oxygen atoms in total. The van der Waals surface area contributed by atoms with Crippen molar-refractivity contribution >= 4 is 23.6 Å². The Hall–Kier alpha value is -4.49. The molecule has 348 valence electrons. The van der Waals surface area contributed by atoms with E-state index in [9.17, 15) is 19.2 Å². The number of Topliss-reactive ketones (excluding diaryl/α,β-unsaturated/α-hetero) is 1. The zero-order valence-electron chi connectivity index (χ0n) is 39.2. The minimum atomic E-state index is -0.553. The van der Waals surface area contributed by atoms with Gasteiger partial charge in [0.1, 0.15) is 11.2 Å². The maximum Gasteiger partial charge on any atom is 0.307 e. The molecule has 14 heteroatoms. The smallest absolute Gasteiger partial charge is 0.307 e. The van der Waals surface area contributed by atoms with Gasteiger partial charge >= 0.3 is 11.9 Å². The largest absolute Gasteiger partial charge is 0.460 e. The fourth-order valence-electron chi connectivity index (χ4n) is 9.28. The summed E-state index contributed by atoms with van der Waals surface area (Å²) in [5, 5.41) is 7.76. The van der Waals surface area contributed by atoms with Gasteiger partial charge in [-0.2, -0.15) is 9.97 Å². The number of likely N-dealkylation sites (tertiary alicyclic amines) is 1. The van der Waals surface area contributed by atoms with Gasteiger partial charge in [0.05, 0.1) is 12.8 Å². The Morgan fingerprint density at radius 1 is 0.667 bits per heavy atom. The number of hydrogen-bond donors (Lipinski definition) is 0. The summed E-state index contributed by atoms with van der Waals surface area (Å²) in [6.45, 7) is 13.9. The lowest BCUT2D eigenvalue weighted by Gasteiger charge is -2.31. The molecule has 63 heavy (non-hydrogen) atoms. The van der Waals surface area contributed by atoms with Crippen molar-refractivity contribution in [2.24, 2.45) is 11.8 Å². The molecule has 0 spiro atoms. The number of carbonyl (C=O) groups excluding carboxylic acids is 4. The van der Waals surface area contributed by atoms with Crippen LogP contribution < -0.4 is 0 Å². The van der Waals surface area contributed by atoms with Gasteiger partial charge in [-0.15, -0.1) is 0 Å². The van der Waals surface area contributed by atoms with Crippen molar-refractivity contribution < 1.29 is 37.7 Å². The molecule has 0 aromatic carbocycles. The molecule has 3 aliphatic rings. The van der Waals surface area contributed by atoms with Gasteiger partial charge in [-0.05, 0) is 103 Å². The second-order valence-corrected chi connectivity index (χ2v) is 20.2. The Labute approximate surface area is 374 Å². The van der Waals surface area contributed by atoms with Crippen molar-refractivity contribution in [2.45, 2.75) is 206 Å². The normalized spacial score (nSPS) is 17.9. The maximum atomic E-state index is 13.1. The van der Waals surface area contributed by atoms with Gasteiger partial charge in [0.2, 0.25) is 23.4 Å². The lowest BCUT2D eigenvalue weighted by molar-refractivity contribution is -0.156. The highest BCUT2D eigenvalue weighted by Gasteiger charge is 2.31. The van der Waals surface area contributed by atoms with E-state index in [0.29, 0.717) is 30.8 Å². The first-order chi connectivity index (χ1) is 30.0.